The van der Waals surface area contributed by atoms with Crippen LogP contribution in [0, 0.1) is 5.82 Å². The predicted octanol–water partition coefficient (Wildman–Crippen LogP) is 3.25. The molecular formula is C24H19ClFN7O2. The number of H-pyrrole nitrogens is 1. The quantitative estimate of drug-likeness (QED) is 0.363. The van der Waals surface area contributed by atoms with Crippen molar-refractivity contribution in [2.75, 3.05) is 6.54 Å². The molecule has 0 spiro atoms. The van der Waals surface area contributed by atoms with Gasteiger partial charge in [-0.3, -0.25) is 19.3 Å². The van der Waals surface area contributed by atoms with E-state index in [2.05, 4.69) is 25.6 Å². The van der Waals surface area contributed by atoms with Gasteiger partial charge in [-0.05, 0) is 48.0 Å². The van der Waals surface area contributed by atoms with Crippen molar-refractivity contribution in [3.63, 3.8) is 0 Å². The van der Waals surface area contributed by atoms with Crippen LogP contribution >= 0.6 is 11.6 Å². The number of benzene rings is 2. The Kier molecular flexibility index (Phi) is 6.11. The number of amides is 1. The molecule has 0 unspecified atom stereocenters. The highest BCUT2D eigenvalue weighted by molar-refractivity contribution is 6.30. The molecule has 9 nitrogen and oxygen atoms in total. The molecule has 3 aromatic heterocycles. The highest BCUT2D eigenvalue weighted by Crippen LogP contribution is 2.18. The Morgan fingerprint density at radius 3 is 2.66 bits per heavy atom. The third kappa shape index (κ3) is 4.82. The maximum Gasteiger partial charge on any atom is 0.269 e. The SMILES string of the molecule is O=C(NCCn1ncc2c(=O)n(Cc3ccc(Cl)cc3)cnc21)c1cc(-c2ccc(F)cc2)n[nH]1. The number of rotatable bonds is 7. The van der Waals surface area contributed by atoms with E-state index in [0.29, 0.717) is 40.4 Å². The van der Waals surface area contributed by atoms with E-state index in [4.69, 9.17) is 11.6 Å². The standard InChI is InChI=1S/C24H19ClFN7O2/c25-17-5-1-15(2-6-17)13-32-14-28-22-19(24(32)35)12-29-33(22)10-9-27-23(34)21-11-20(30-31-21)16-3-7-18(26)8-4-16/h1-8,11-12,14H,9-10,13H2,(H,27,34)(H,30,31). The first kappa shape index (κ1) is 22.5. The van der Waals surface area contributed by atoms with Gasteiger partial charge in [-0.15, -0.1) is 0 Å². The van der Waals surface area contributed by atoms with Crippen LogP contribution in [-0.4, -0.2) is 42.0 Å². The number of aromatic nitrogens is 6. The molecule has 11 heteroatoms. The summed E-state index contributed by atoms with van der Waals surface area (Å²) >= 11 is 5.92. The average molecular weight is 492 g/mol. The lowest BCUT2D eigenvalue weighted by atomic mass is 10.1. The molecule has 35 heavy (non-hydrogen) atoms. The molecule has 2 aromatic carbocycles. The summed E-state index contributed by atoms with van der Waals surface area (Å²) in [4.78, 5) is 29.7. The van der Waals surface area contributed by atoms with E-state index in [9.17, 15) is 14.0 Å². The summed E-state index contributed by atoms with van der Waals surface area (Å²) in [6.45, 7) is 0.947. The smallest absolute Gasteiger partial charge is 0.269 e. The second-order valence-electron chi connectivity index (χ2n) is 7.84. The molecule has 176 valence electrons. The van der Waals surface area contributed by atoms with Crippen LogP contribution in [0.15, 0.2) is 71.9 Å². The molecule has 0 radical (unpaired) electrons. The zero-order valence-electron chi connectivity index (χ0n) is 18.3. The number of fused-ring (bicyclic) bond motifs is 1. The number of carbonyl (C=O) groups excluding carboxylic acids is 1. The summed E-state index contributed by atoms with van der Waals surface area (Å²) < 4.78 is 16.2. The van der Waals surface area contributed by atoms with Gasteiger partial charge in [0.2, 0.25) is 0 Å². The molecule has 0 aliphatic heterocycles. The molecule has 0 fully saturated rings. The third-order valence-electron chi connectivity index (χ3n) is 5.46. The molecular weight excluding hydrogens is 473 g/mol. The fourth-order valence-corrected chi connectivity index (χ4v) is 3.76. The van der Waals surface area contributed by atoms with Crippen molar-refractivity contribution in [2.45, 2.75) is 13.1 Å². The molecule has 0 saturated carbocycles. The Balaban J connectivity index is 1.23. The van der Waals surface area contributed by atoms with E-state index in [1.165, 1.54) is 29.2 Å². The topological polar surface area (TPSA) is 110 Å². The van der Waals surface area contributed by atoms with Crippen LogP contribution in [0.5, 0.6) is 0 Å². The van der Waals surface area contributed by atoms with Gasteiger partial charge in [0, 0.05) is 17.1 Å². The van der Waals surface area contributed by atoms with Crippen LogP contribution in [-0.2, 0) is 13.1 Å². The maximum absolute atomic E-state index is 13.1. The van der Waals surface area contributed by atoms with Gasteiger partial charge in [-0.1, -0.05) is 23.7 Å². The van der Waals surface area contributed by atoms with Crippen molar-refractivity contribution in [3.05, 3.63) is 99.6 Å². The first-order chi connectivity index (χ1) is 17.0. The second kappa shape index (κ2) is 9.51. The van der Waals surface area contributed by atoms with Crippen molar-refractivity contribution in [2.24, 2.45) is 0 Å². The van der Waals surface area contributed by atoms with E-state index < -0.39 is 0 Å². The number of halogens is 2. The minimum atomic E-state index is -0.347. The zero-order valence-corrected chi connectivity index (χ0v) is 19.0. The lowest BCUT2D eigenvalue weighted by molar-refractivity contribution is 0.0947. The molecule has 0 atom stereocenters. The summed E-state index contributed by atoms with van der Waals surface area (Å²) in [5.74, 6) is -0.691. The van der Waals surface area contributed by atoms with Crippen molar-refractivity contribution in [1.82, 2.24) is 34.8 Å². The first-order valence-corrected chi connectivity index (χ1v) is 11.1. The Morgan fingerprint density at radius 2 is 1.89 bits per heavy atom. The number of nitrogens with zero attached hydrogens (tertiary/aromatic N) is 5. The number of nitrogens with one attached hydrogen (secondary N) is 2. The molecule has 5 aromatic rings. The Hall–Kier alpha value is -4.31. The van der Waals surface area contributed by atoms with Crippen molar-refractivity contribution >= 4 is 28.5 Å². The minimum absolute atomic E-state index is 0.203. The Morgan fingerprint density at radius 1 is 1.11 bits per heavy atom. The second-order valence-corrected chi connectivity index (χ2v) is 8.28. The summed E-state index contributed by atoms with van der Waals surface area (Å²) in [5, 5.41) is 14.9. The van der Waals surface area contributed by atoms with Gasteiger partial charge in [0.05, 0.1) is 25.0 Å². The molecule has 5 rings (SSSR count). The molecule has 0 bridgehead atoms. The van der Waals surface area contributed by atoms with Crippen LogP contribution in [0.1, 0.15) is 16.1 Å². The molecule has 2 N–H and O–H groups in total. The van der Waals surface area contributed by atoms with Crippen molar-refractivity contribution in [3.8, 4) is 11.3 Å². The van der Waals surface area contributed by atoms with Crippen molar-refractivity contribution in [1.29, 1.82) is 0 Å². The van der Waals surface area contributed by atoms with Gasteiger partial charge in [-0.25, -0.2) is 14.1 Å². The third-order valence-corrected chi connectivity index (χ3v) is 5.71. The van der Waals surface area contributed by atoms with E-state index >= 15 is 0 Å². The normalized spacial score (nSPS) is 11.1. The molecule has 3 heterocycles. The van der Waals surface area contributed by atoms with Gasteiger partial charge < -0.3 is 5.32 Å². The first-order valence-electron chi connectivity index (χ1n) is 10.7. The fourth-order valence-electron chi connectivity index (χ4n) is 3.64. The molecule has 0 aliphatic rings. The predicted molar refractivity (Wildman–Crippen MR) is 129 cm³/mol. The van der Waals surface area contributed by atoms with Gasteiger partial charge in [0.1, 0.15) is 23.2 Å². The van der Waals surface area contributed by atoms with Crippen LogP contribution < -0.4 is 10.9 Å². The van der Waals surface area contributed by atoms with E-state index in [1.807, 2.05) is 12.1 Å². The van der Waals surface area contributed by atoms with Gasteiger partial charge >= 0.3 is 0 Å². The van der Waals surface area contributed by atoms with Crippen LogP contribution in [0.4, 0.5) is 4.39 Å². The molecule has 1 amide bonds. The largest absolute Gasteiger partial charge is 0.349 e. The van der Waals surface area contributed by atoms with Crippen molar-refractivity contribution < 1.29 is 9.18 Å². The lowest BCUT2D eigenvalue weighted by Crippen LogP contribution is -2.28. The van der Waals surface area contributed by atoms with Crippen LogP contribution in [0.2, 0.25) is 5.02 Å². The maximum atomic E-state index is 13.1. The minimum Gasteiger partial charge on any atom is -0.349 e. The number of hydrogen-bond donors (Lipinski definition) is 2. The van der Waals surface area contributed by atoms with Gasteiger partial charge in [0.25, 0.3) is 11.5 Å². The Labute approximate surface area is 203 Å². The van der Waals surface area contributed by atoms with Gasteiger partial charge in [-0.2, -0.15) is 10.2 Å². The molecule has 0 saturated heterocycles. The van der Waals surface area contributed by atoms with Crippen LogP contribution in [0.3, 0.4) is 0 Å². The summed E-state index contributed by atoms with van der Waals surface area (Å²) in [6, 6.07) is 14.7. The lowest BCUT2D eigenvalue weighted by Gasteiger charge is -2.07. The number of carbonyl (C=O) groups is 1. The monoisotopic (exact) mass is 491 g/mol. The summed E-state index contributed by atoms with van der Waals surface area (Å²) in [5.41, 5.74) is 2.67. The fraction of sp³-hybridized carbons (Fsp3) is 0.125. The Bertz CT molecular complexity index is 1560. The highest BCUT2D eigenvalue weighted by atomic mass is 35.5. The summed E-state index contributed by atoms with van der Waals surface area (Å²) in [6.07, 6.45) is 2.96. The van der Waals surface area contributed by atoms with Gasteiger partial charge in [0.15, 0.2) is 5.65 Å². The highest BCUT2D eigenvalue weighted by Gasteiger charge is 2.13. The van der Waals surface area contributed by atoms with Crippen LogP contribution in [0.25, 0.3) is 22.3 Å². The number of aromatic amines is 1. The summed E-state index contributed by atoms with van der Waals surface area (Å²) in [7, 11) is 0. The molecule has 0 aliphatic carbocycles. The zero-order chi connectivity index (χ0) is 24.4. The average Bonchev–Trinajstić information content (AvgIpc) is 3.51. The van der Waals surface area contributed by atoms with E-state index in [-0.39, 0.29) is 29.5 Å². The number of hydrogen-bond acceptors (Lipinski definition) is 5. The van der Waals surface area contributed by atoms with E-state index in [0.717, 1.165) is 5.56 Å². The van der Waals surface area contributed by atoms with E-state index in [1.54, 1.807) is 35.0 Å².